The number of methoxy groups -OCH3 is 1. The molecule has 0 bridgehead atoms. The van der Waals surface area contributed by atoms with Gasteiger partial charge < -0.3 is 14.2 Å². The van der Waals surface area contributed by atoms with Crippen LogP contribution in [0.3, 0.4) is 0 Å². The lowest BCUT2D eigenvalue weighted by Gasteiger charge is -2.19. The fraction of sp³-hybridized carbons (Fsp3) is 0.556. The first-order valence-corrected chi connectivity index (χ1v) is 7.95. The van der Waals surface area contributed by atoms with E-state index in [0.717, 1.165) is 12.5 Å². The molecule has 1 aromatic rings. The SMILES string of the molecule is COC(=O)c1ccc(F)cc1OCCCCCC(=O)OC(C)(C)C. The van der Waals surface area contributed by atoms with E-state index in [2.05, 4.69) is 4.74 Å². The maximum Gasteiger partial charge on any atom is 0.341 e. The summed E-state index contributed by atoms with van der Waals surface area (Å²) in [5.74, 6) is -1.12. The van der Waals surface area contributed by atoms with Crippen molar-refractivity contribution in [1.29, 1.82) is 0 Å². The van der Waals surface area contributed by atoms with Gasteiger partial charge in [-0.1, -0.05) is 0 Å². The van der Waals surface area contributed by atoms with E-state index in [9.17, 15) is 14.0 Å². The molecule has 0 N–H and O–H groups in total. The fourth-order valence-electron chi connectivity index (χ4n) is 2.02. The van der Waals surface area contributed by atoms with Crippen molar-refractivity contribution in [1.82, 2.24) is 0 Å². The molecule has 0 aliphatic rings. The zero-order chi connectivity index (χ0) is 18.2. The van der Waals surface area contributed by atoms with E-state index in [-0.39, 0.29) is 17.3 Å². The Morgan fingerprint density at radius 1 is 1.12 bits per heavy atom. The van der Waals surface area contributed by atoms with Crippen molar-refractivity contribution < 1.29 is 28.2 Å². The van der Waals surface area contributed by atoms with Crippen molar-refractivity contribution in [2.75, 3.05) is 13.7 Å². The predicted octanol–water partition coefficient (Wildman–Crippen LogP) is 3.89. The number of hydrogen-bond donors (Lipinski definition) is 0. The largest absolute Gasteiger partial charge is 0.493 e. The summed E-state index contributed by atoms with van der Waals surface area (Å²) in [7, 11) is 1.26. The maximum absolute atomic E-state index is 13.3. The van der Waals surface area contributed by atoms with Gasteiger partial charge in [-0.3, -0.25) is 4.79 Å². The lowest BCUT2D eigenvalue weighted by molar-refractivity contribution is -0.154. The van der Waals surface area contributed by atoms with Crippen molar-refractivity contribution >= 4 is 11.9 Å². The molecule has 0 spiro atoms. The molecule has 1 rings (SSSR count). The highest BCUT2D eigenvalue weighted by molar-refractivity contribution is 5.92. The number of rotatable bonds is 8. The number of hydrogen-bond acceptors (Lipinski definition) is 5. The zero-order valence-corrected chi connectivity index (χ0v) is 14.7. The number of carbonyl (C=O) groups excluding carboxylic acids is 2. The van der Waals surface area contributed by atoms with Crippen LogP contribution in [-0.2, 0) is 14.3 Å². The highest BCUT2D eigenvalue weighted by atomic mass is 19.1. The van der Waals surface area contributed by atoms with Crippen LogP contribution in [0.15, 0.2) is 18.2 Å². The summed E-state index contributed by atoms with van der Waals surface area (Å²) in [4.78, 5) is 23.2. The molecule has 1 aromatic carbocycles. The van der Waals surface area contributed by atoms with Crippen LogP contribution in [0.4, 0.5) is 4.39 Å². The summed E-state index contributed by atoms with van der Waals surface area (Å²) >= 11 is 0. The average molecular weight is 340 g/mol. The van der Waals surface area contributed by atoms with Crippen LogP contribution in [0.5, 0.6) is 5.75 Å². The minimum atomic E-state index is -0.574. The second-order valence-electron chi connectivity index (χ2n) is 6.38. The number of carbonyl (C=O) groups is 2. The normalized spacial score (nSPS) is 11.0. The fourth-order valence-corrected chi connectivity index (χ4v) is 2.02. The first-order chi connectivity index (χ1) is 11.2. The van der Waals surface area contributed by atoms with E-state index in [0.29, 0.717) is 25.9 Å². The molecule has 0 unspecified atom stereocenters. The number of halogens is 1. The summed E-state index contributed by atoms with van der Waals surface area (Å²) in [6.45, 7) is 5.81. The molecule has 0 aliphatic heterocycles. The summed E-state index contributed by atoms with van der Waals surface area (Å²) in [6.07, 6.45) is 2.48. The molecule has 0 aliphatic carbocycles. The van der Waals surface area contributed by atoms with E-state index in [1.165, 1.54) is 19.2 Å². The van der Waals surface area contributed by atoms with Gasteiger partial charge in [-0.2, -0.15) is 0 Å². The molecule has 0 amide bonds. The van der Waals surface area contributed by atoms with Gasteiger partial charge in [0.1, 0.15) is 22.7 Å². The van der Waals surface area contributed by atoms with Gasteiger partial charge in [0.05, 0.1) is 13.7 Å². The van der Waals surface area contributed by atoms with Gasteiger partial charge >= 0.3 is 11.9 Å². The lowest BCUT2D eigenvalue weighted by atomic mass is 10.1. The molecular weight excluding hydrogens is 315 g/mol. The first kappa shape index (κ1) is 19.9. The molecule has 24 heavy (non-hydrogen) atoms. The van der Waals surface area contributed by atoms with Crippen molar-refractivity contribution in [3.05, 3.63) is 29.6 Å². The van der Waals surface area contributed by atoms with Crippen LogP contribution in [0.1, 0.15) is 56.8 Å². The van der Waals surface area contributed by atoms with Gasteiger partial charge in [-0.25, -0.2) is 9.18 Å². The molecule has 0 radical (unpaired) electrons. The topological polar surface area (TPSA) is 61.8 Å². The molecule has 0 saturated carbocycles. The smallest absolute Gasteiger partial charge is 0.341 e. The Morgan fingerprint density at radius 3 is 2.46 bits per heavy atom. The minimum absolute atomic E-state index is 0.161. The molecule has 134 valence electrons. The van der Waals surface area contributed by atoms with E-state index in [4.69, 9.17) is 9.47 Å². The predicted molar refractivity (Wildman–Crippen MR) is 87.5 cm³/mol. The first-order valence-electron chi connectivity index (χ1n) is 7.95. The van der Waals surface area contributed by atoms with Crippen LogP contribution in [0.25, 0.3) is 0 Å². The number of benzene rings is 1. The van der Waals surface area contributed by atoms with Crippen molar-refractivity contribution in [3.8, 4) is 5.75 Å². The van der Waals surface area contributed by atoms with Crippen LogP contribution in [0, 0.1) is 5.82 Å². The van der Waals surface area contributed by atoms with Gasteiger partial charge in [0, 0.05) is 12.5 Å². The third kappa shape index (κ3) is 7.44. The molecule has 0 atom stereocenters. The monoisotopic (exact) mass is 340 g/mol. The molecule has 0 aromatic heterocycles. The Labute approximate surface area is 142 Å². The van der Waals surface area contributed by atoms with Crippen molar-refractivity contribution in [2.45, 2.75) is 52.1 Å². The van der Waals surface area contributed by atoms with Crippen molar-refractivity contribution in [3.63, 3.8) is 0 Å². The van der Waals surface area contributed by atoms with Crippen molar-refractivity contribution in [2.24, 2.45) is 0 Å². The summed E-state index contributed by atoms with van der Waals surface area (Å²) < 4.78 is 28.6. The summed E-state index contributed by atoms with van der Waals surface area (Å²) in [5.41, 5.74) is -0.283. The molecule has 0 fully saturated rings. The maximum atomic E-state index is 13.3. The Morgan fingerprint density at radius 2 is 1.83 bits per heavy atom. The second-order valence-corrected chi connectivity index (χ2v) is 6.38. The molecule has 6 heteroatoms. The molecule has 0 heterocycles. The molecule has 5 nitrogen and oxygen atoms in total. The van der Waals surface area contributed by atoms with Gasteiger partial charge in [0.15, 0.2) is 0 Å². The summed E-state index contributed by atoms with van der Waals surface area (Å²) in [5, 5.41) is 0. The third-order valence-electron chi connectivity index (χ3n) is 3.05. The zero-order valence-electron chi connectivity index (χ0n) is 14.7. The van der Waals surface area contributed by atoms with Crippen LogP contribution < -0.4 is 4.74 Å². The van der Waals surface area contributed by atoms with E-state index in [1.807, 2.05) is 20.8 Å². The van der Waals surface area contributed by atoms with Gasteiger partial charge in [0.2, 0.25) is 0 Å². The number of esters is 2. The van der Waals surface area contributed by atoms with E-state index in [1.54, 1.807) is 0 Å². The highest BCUT2D eigenvalue weighted by Crippen LogP contribution is 2.21. The van der Waals surface area contributed by atoms with Gasteiger partial charge in [-0.05, 0) is 52.2 Å². The average Bonchev–Trinajstić information content (AvgIpc) is 2.48. The number of unbranched alkanes of at least 4 members (excludes halogenated alkanes) is 2. The van der Waals surface area contributed by atoms with Gasteiger partial charge in [-0.15, -0.1) is 0 Å². The minimum Gasteiger partial charge on any atom is -0.493 e. The third-order valence-corrected chi connectivity index (χ3v) is 3.05. The summed E-state index contributed by atoms with van der Waals surface area (Å²) in [6, 6.07) is 3.67. The lowest BCUT2D eigenvalue weighted by Crippen LogP contribution is -2.23. The van der Waals surface area contributed by atoms with Crippen LogP contribution >= 0.6 is 0 Å². The Bertz CT molecular complexity index is 563. The van der Waals surface area contributed by atoms with E-state index < -0.39 is 17.4 Å². The van der Waals surface area contributed by atoms with Crippen LogP contribution in [-0.4, -0.2) is 31.3 Å². The highest BCUT2D eigenvalue weighted by Gasteiger charge is 2.16. The van der Waals surface area contributed by atoms with E-state index >= 15 is 0 Å². The molecular formula is C18H25FO5. The second kappa shape index (κ2) is 9.25. The molecule has 0 saturated heterocycles. The Hall–Kier alpha value is -2.11. The quantitative estimate of drug-likeness (QED) is 0.531. The Kier molecular flexibility index (Phi) is 7.68. The number of ether oxygens (including phenoxy) is 3. The Balaban J connectivity index is 2.34. The van der Waals surface area contributed by atoms with Crippen LogP contribution in [0.2, 0.25) is 0 Å². The van der Waals surface area contributed by atoms with Gasteiger partial charge in [0.25, 0.3) is 0 Å². The standard InChI is InChI=1S/C18H25FO5/c1-18(2,3)24-16(20)8-6-5-7-11-23-15-12-13(19)9-10-14(15)17(21)22-4/h9-10,12H,5-8,11H2,1-4H3.